The lowest BCUT2D eigenvalue weighted by Crippen LogP contribution is -1.95. The molecule has 2 N–H and O–H groups in total. The fraction of sp³-hybridized carbons (Fsp3) is 0.222. The van der Waals surface area contributed by atoms with Gasteiger partial charge in [-0.25, -0.2) is 0 Å². The van der Waals surface area contributed by atoms with Crippen LogP contribution in [0, 0.1) is 0 Å². The largest absolute Gasteiger partial charge is 0.504 e. The zero-order valence-corrected chi connectivity index (χ0v) is 13.8. The number of ether oxygens (including phenoxy) is 4. The number of fused-ring (bicyclic) bond motifs is 3. The lowest BCUT2D eigenvalue weighted by Gasteiger charge is -2.17. The average Bonchev–Trinajstić information content (AvgIpc) is 2.59. The van der Waals surface area contributed by atoms with Crippen LogP contribution in [0.3, 0.4) is 0 Å². The summed E-state index contributed by atoms with van der Waals surface area (Å²) >= 11 is 0. The van der Waals surface area contributed by atoms with Crippen molar-refractivity contribution >= 4 is 21.5 Å². The Balaban J connectivity index is 2.58. The summed E-state index contributed by atoms with van der Waals surface area (Å²) in [6.45, 7) is 0. The number of phenolic OH excluding ortho intramolecular Hbond substituents is 2. The van der Waals surface area contributed by atoms with Crippen LogP contribution in [0.15, 0.2) is 24.3 Å². The molecule has 3 rings (SSSR count). The minimum Gasteiger partial charge on any atom is -0.504 e. The second-order valence-corrected chi connectivity index (χ2v) is 5.18. The summed E-state index contributed by atoms with van der Waals surface area (Å²) < 4.78 is 21.4. The first-order valence-electron chi connectivity index (χ1n) is 7.21. The summed E-state index contributed by atoms with van der Waals surface area (Å²) in [7, 11) is 5.91. The normalized spacial score (nSPS) is 10.8. The molecule has 0 amide bonds. The molecule has 6 heteroatoms. The molecule has 0 radical (unpaired) electrons. The van der Waals surface area contributed by atoms with E-state index >= 15 is 0 Å². The van der Waals surface area contributed by atoms with Crippen molar-refractivity contribution in [3.05, 3.63) is 24.3 Å². The van der Waals surface area contributed by atoms with E-state index in [9.17, 15) is 10.2 Å². The van der Waals surface area contributed by atoms with E-state index in [2.05, 4.69) is 0 Å². The highest BCUT2D eigenvalue weighted by molar-refractivity contribution is 6.15. The van der Waals surface area contributed by atoms with Gasteiger partial charge in [-0.2, -0.15) is 0 Å². The summed E-state index contributed by atoms with van der Waals surface area (Å²) in [5.74, 6) is 1.13. The van der Waals surface area contributed by atoms with Gasteiger partial charge in [0.1, 0.15) is 0 Å². The zero-order valence-electron chi connectivity index (χ0n) is 13.8. The van der Waals surface area contributed by atoms with Crippen molar-refractivity contribution < 1.29 is 29.2 Å². The molecule has 0 fully saturated rings. The third-order valence-corrected chi connectivity index (χ3v) is 4.04. The number of aromatic hydroxyl groups is 2. The van der Waals surface area contributed by atoms with Crippen LogP contribution in [0.5, 0.6) is 34.5 Å². The van der Waals surface area contributed by atoms with Gasteiger partial charge in [0.05, 0.1) is 28.4 Å². The molecule has 0 spiro atoms. The molecule has 0 unspecified atom stereocenters. The smallest absolute Gasteiger partial charge is 0.203 e. The fourth-order valence-corrected chi connectivity index (χ4v) is 2.99. The molecule has 126 valence electrons. The second kappa shape index (κ2) is 5.88. The van der Waals surface area contributed by atoms with Crippen molar-refractivity contribution in [3.8, 4) is 34.5 Å². The summed E-state index contributed by atoms with van der Waals surface area (Å²) in [4.78, 5) is 0. The first-order chi connectivity index (χ1) is 11.6. The van der Waals surface area contributed by atoms with Gasteiger partial charge in [0.25, 0.3) is 0 Å². The molecule has 0 aromatic heterocycles. The monoisotopic (exact) mass is 330 g/mol. The topological polar surface area (TPSA) is 77.4 Å². The minimum atomic E-state index is -0.0726. The molecular formula is C18H18O6. The second-order valence-electron chi connectivity index (χ2n) is 5.18. The summed E-state index contributed by atoms with van der Waals surface area (Å²) in [6.07, 6.45) is 0. The SMILES string of the molecule is COc1cc2c(ccc3cc(O)c(OC)c(OC)c32)c(OC)c1O. The van der Waals surface area contributed by atoms with Crippen molar-refractivity contribution in [1.29, 1.82) is 0 Å². The Hall–Kier alpha value is -3.02. The Morgan fingerprint density at radius 2 is 1.38 bits per heavy atom. The molecule has 6 nitrogen and oxygen atoms in total. The summed E-state index contributed by atoms with van der Waals surface area (Å²) in [5, 5.41) is 23.3. The zero-order chi connectivity index (χ0) is 17.4. The van der Waals surface area contributed by atoms with Crippen molar-refractivity contribution in [1.82, 2.24) is 0 Å². The van der Waals surface area contributed by atoms with Crippen molar-refractivity contribution in [3.63, 3.8) is 0 Å². The maximum atomic E-state index is 10.3. The van der Waals surface area contributed by atoms with E-state index in [-0.39, 0.29) is 23.0 Å². The molecule has 0 saturated carbocycles. The molecule has 0 aliphatic rings. The molecule has 24 heavy (non-hydrogen) atoms. The first-order valence-corrected chi connectivity index (χ1v) is 7.21. The van der Waals surface area contributed by atoms with Gasteiger partial charge in [-0.05, 0) is 23.6 Å². The van der Waals surface area contributed by atoms with Gasteiger partial charge in [-0.1, -0.05) is 6.07 Å². The highest BCUT2D eigenvalue weighted by Gasteiger charge is 2.21. The molecule has 0 aliphatic carbocycles. The van der Waals surface area contributed by atoms with E-state index in [4.69, 9.17) is 18.9 Å². The van der Waals surface area contributed by atoms with Gasteiger partial charge in [-0.15, -0.1) is 0 Å². The van der Waals surface area contributed by atoms with Crippen LogP contribution < -0.4 is 18.9 Å². The van der Waals surface area contributed by atoms with Crippen LogP contribution >= 0.6 is 0 Å². The Labute approximate surface area is 138 Å². The molecule has 3 aromatic rings. The first kappa shape index (κ1) is 15.9. The van der Waals surface area contributed by atoms with Crippen molar-refractivity contribution in [2.45, 2.75) is 0 Å². The molecule has 0 saturated heterocycles. The molecule has 3 aromatic carbocycles. The summed E-state index contributed by atoms with van der Waals surface area (Å²) in [6, 6.07) is 6.92. The fourth-order valence-electron chi connectivity index (χ4n) is 2.99. The van der Waals surface area contributed by atoms with Gasteiger partial charge >= 0.3 is 0 Å². The van der Waals surface area contributed by atoms with Gasteiger partial charge in [0.2, 0.25) is 11.5 Å². The van der Waals surface area contributed by atoms with Crippen LogP contribution in [0.2, 0.25) is 0 Å². The molecule has 0 heterocycles. The van der Waals surface area contributed by atoms with Gasteiger partial charge in [0.15, 0.2) is 23.0 Å². The number of hydrogen-bond acceptors (Lipinski definition) is 6. The molecule has 0 aliphatic heterocycles. The maximum absolute atomic E-state index is 10.3. The van der Waals surface area contributed by atoms with E-state index in [1.807, 2.05) is 6.07 Å². The quantitative estimate of drug-likeness (QED) is 0.714. The van der Waals surface area contributed by atoms with Crippen LogP contribution in [0.25, 0.3) is 21.5 Å². The number of benzene rings is 3. The molecule has 0 bridgehead atoms. The Morgan fingerprint density at radius 3 is 1.96 bits per heavy atom. The molecule has 0 atom stereocenters. The van der Waals surface area contributed by atoms with Crippen molar-refractivity contribution in [2.24, 2.45) is 0 Å². The number of hydrogen-bond donors (Lipinski definition) is 2. The van der Waals surface area contributed by atoms with E-state index in [0.717, 1.165) is 16.2 Å². The third kappa shape index (κ3) is 2.11. The third-order valence-electron chi connectivity index (χ3n) is 4.04. The van der Waals surface area contributed by atoms with Crippen LogP contribution in [-0.4, -0.2) is 38.7 Å². The van der Waals surface area contributed by atoms with E-state index < -0.39 is 0 Å². The Kier molecular flexibility index (Phi) is 3.89. The highest BCUT2D eigenvalue weighted by atomic mass is 16.5. The Bertz CT molecular complexity index is 932. The van der Waals surface area contributed by atoms with E-state index in [1.54, 1.807) is 18.2 Å². The van der Waals surface area contributed by atoms with Gasteiger partial charge in [0, 0.05) is 16.2 Å². The van der Waals surface area contributed by atoms with Gasteiger partial charge < -0.3 is 29.2 Å². The lowest BCUT2D eigenvalue weighted by molar-refractivity contribution is 0.336. The van der Waals surface area contributed by atoms with Crippen molar-refractivity contribution in [2.75, 3.05) is 28.4 Å². The average molecular weight is 330 g/mol. The van der Waals surface area contributed by atoms with E-state index in [0.29, 0.717) is 16.9 Å². The Morgan fingerprint density at radius 1 is 0.708 bits per heavy atom. The number of phenols is 2. The van der Waals surface area contributed by atoms with Crippen LogP contribution in [0.4, 0.5) is 0 Å². The minimum absolute atomic E-state index is 0.0149. The van der Waals surface area contributed by atoms with Crippen LogP contribution in [-0.2, 0) is 0 Å². The van der Waals surface area contributed by atoms with Crippen LogP contribution in [0.1, 0.15) is 0 Å². The maximum Gasteiger partial charge on any atom is 0.203 e. The van der Waals surface area contributed by atoms with E-state index in [1.165, 1.54) is 28.4 Å². The number of rotatable bonds is 4. The highest BCUT2D eigenvalue weighted by Crippen LogP contribution is 2.50. The predicted octanol–water partition coefficient (Wildman–Crippen LogP) is 3.44. The lowest BCUT2D eigenvalue weighted by atomic mass is 9.99. The summed E-state index contributed by atoms with van der Waals surface area (Å²) in [5.41, 5.74) is 0. The standard InChI is InChI=1S/C18H18O6/c1-21-13-8-11-10(16(22-2)15(13)20)6-5-9-7-12(19)17(23-3)18(24-4)14(9)11/h5-8,19-20H,1-4H3. The predicted molar refractivity (Wildman–Crippen MR) is 91.0 cm³/mol. The van der Waals surface area contributed by atoms with Gasteiger partial charge in [-0.3, -0.25) is 0 Å². The molecular weight excluding hydrogens is 312 g/mol. The number of methoxy groups -OCH3 is 4.